The lowest BCUT2D eigenvalue weighted by Gasteiger charge is -2.34. The molecule has 0 radical (unpaired) electrons. The fourth-order valence-electron chi connectivity index (χ4n) is 2.78. The van der Waals surface area contributed by atoms with Gasteiger partial charge < -0.3 is 10.6 Å². The second-order valence-corrected chi connectivity index (χ2v) is 5.34. The first kappa shape index (κ1) is 10.6. The Kier molecular flexibility index (Phi) is 2.54. The van der Waals surface area contributed by atoms with Gasteiger partial charge >= 0.3 is 0 Å². The first-order chi connectivity index (χ1) is 8.22. The average Bonchev–Trinajstić information content (AvgIpc) is 2.70. The van der Waals surface area contributed by atoms with Crippen LogP contribution in [-0.2, 0) is 11.2 Å². The van der Waals surface area contributed by atoms with Gasteiger partial charge in [-0.3, -0.25) is 4.79 Å². The smallest absolute Gasteiger partial charge is 0.243 e. The van der Waals surface area contributed by atoms with Crippen molar-refractivity contribution in [1.82, 2.24) is 5.32 Å². The predicted molar refractivity (Wildman–Crippen MR) is 67.9 cm³/mol. The lowest BCUT2D eigenvalue weighted by molar-refractivity contribution is -0.123. The van der Waals surface area contributed by atoms with E-state index in [0.717, 1.165) is 30.9 Å². The summed E-state index contributed by atoms with van der Waals surface area (Å²) in [6.45, 7) is 2.23. The number of benzene rings is 1. The number of hydrogen-bond acceptors (Lipinski definition) is 2. The molecule has 0 spiro atoms. The van der Waals surface area contributed by atoms with E-state index in [4.69, 9.17) is 0 Å². The highest BCUT2D eigenvalue weighted by Gasteiger charge is 2.31. The molecule has 0 aromatic heterocycles. The third-order valence-corrected chi connectivity index (χ3v) is 3.81. The molecule has 1 aromatic rings. The number of anilines is 1. The first-order valence-electron chi connectivity index (χ1n) is 6.37. The van der Waals surface area contributed by atoms with E-state index in [9.17, 15) is 4.79 Å². The van der Waals surface area contributed by atoms with E-state index in [-0.39, 0.29) is 11.9 Å². The number of fused-ring (bicyclic) bond motifs is 1. The van der Waals surface area contributed by atoms with Crippen molar-refractivity contribution in [1.29, 1.82) is 0 Å². The fraction of sp³-hybridized carbons (Fsp3) is 0.500. The van der Waals surface area contributed by atoms with E-state index >= 15 is 0 Å². The van der Waals surface area contributed by atoms with Gasteiger partial charge in [0.25, 0.3) is 0 Å². The van der Waals surface area contributed by atoms with Gasteiger partial charge in [0.05, 0.1) is 0 Å². The topological polar surface area (TPSA) is 41.1 Å². The molecule has 3 heteroatoms. The molecule has 1 heterocycles. The fourth-order valence-corrected chi connectivity index (χ4v) is 2.78. The molecule has 3 nitrogen and oxygen atoms in total. The molecule has 2 N–H and O–H groups in total. The highest BCUT2D eigenvalue weighted by atomic mass is 16.2. The van der Waals surface area contributed by atoms with Gasteiger partial charge in [-0.15, -0.1) is 0 Å². The number of nitrogens with one attached hydrogen (secondary N) is 2. The van der Waals surface area contributed by atoms with Crippen molar-refractivity contribution >= 4 is 11.6 Å². The molecule has 1 aliphatic carbocycles. The summed E-state index contributed by atoms with van der Waals surface area (Å²) < 4.78 is 0. The Bertz CT molecular complexity index is 413. The zero-order valence-electron chi connectivity index (χ0n) is 10.1. The molecule has 3 rings (SSSR count). The van der Waals surface area contributed by atoms with Gasteiger partial charge in [0.2, 0.25) is 5.91 Å². The van der Waals surface area contributed by atoms with Crippen molar-refractivity contribution in [2.45, 2.75) is 38.3 Å². The van der Waals surface area contributed by atoms with Crippen molar-refractivity contribution in [3.63, 3.8) is 0 Å². The Labute approximate surface area is 102 Å². The quantitative estimate of drug-likeness (QED) is 0.815. The molecule has 1 aliphatic heterocycles. The Balaban J connectivity index is 1.59. The van der Waals surface area contributed by atoms with Crippen LogP contribution in [0.15, 0.2) is 24.3 Å². The SMILES string of the molecule is CC1CC(NC(=O)C2Cc3ccccc3N2)C1. The molecule has 1 atom stereocenters. The number of carbonyl (C=O) groups excluding carboxylic acids is 1. The van der Waals surface area contributed by atoms with E-state index in [1.54, 1.807) is 0 Å². The van der Waals surface area contributed by atoms with Gasteiger partial charge in [-0.1, -0.05) is 25.1 Å². The standard InChI is InChI=1S/C14H18N2O/c1-9-6-11(7-9)15-14(17)13-8-10-4-2-3-5-12(10)16-13/h2-5,9,11,13,16H,6-8H2,1H3,(H,15,17). The number of rotatable bonds is 2. The normalized spacial score (nSPS) is 30.1. The van der Waals surface area contributed by atoms with Crippen LogP contribution in [0.1, 0.15) is 25.3 Å². The van der Waals surface area contributed by atoms with Crippen LogP contribution >= 0.6 is 0 Å². The van der Waals surface area contributed by atoms with Gasteiger partial charge in [0.15, 0.2) is 0 Å². The van der Waals surface area contributed by atoms with Gasteiger partial charge in [-0.2, -0.15) is 0 Å². The summed E-state index contributed by atoms with van der Waals surface area (Å²) in [4.78, 5) is 12.1. The third-order valence-electron chi connectivity index (χ3n) is 3.81. The zero-order chi connectivity index (χ0) is 11.8. The summed E-state index contributed by atoms with van der Waals surface area (Å²) in [7, 11) is 0. The van der Waals surface area contributed by atoms with Crippen LogP contribution in [0.4, 0.5) is 5.69 Å². The highest BCUT2D eigenvalue weighted by molar-refractivity contribution is 5.87. The Morgan fingerprint density at radius 3 is 2.82 bits per heavy atom. The summed E-state index contributed by atoms with van der Waals surface area (Å²) >= 11 is 0. The summed E-state index contributed by atoms with van der Waals surface area (Å²) in [6, 6.07) is 8.47. The molecule has 0 saturated heterocycles. The maximum Gasteiger partial charge on any atom is 0.243 e. The Morgan fingerprint density at radius 2 is 2.12 bits per heavy atom. The van der Waals surface area contributed by atoms with Gasteiger partial charge in [-0.05, 0) is 30.4 Å². The zero-order valence-corrected chi connectivity index (χ0v) is 10.1. The van der Waals surface area contributed by atoms with Gasteiger partial charge in [0.1, 0.15) is 6.04 Å². The molecule has 1 unspecified atom stereocenters. The summed E-state index contributed by atoms with van der Waals surface area (Å²) in [6.07, 6.45) is 3.07. The molecular weight excluding hydrogens is 212 g/mol. The van der Waals surface area contributed by atoms with Crippen molar-refractivity contribution in [2.75, 3.05) is 5.32 Å². The van der Waals surface area contributed by atoms with Crippen molar-refractivity contribution in [3.05, 3.63) is 29.8 Å². The molecular formula is C14H18N2O. The summed E-state index contributed by atoms with van der Waals surface area (Å²) in [5, 5.41) is 6.41. The first-order valence-corrected chi connectivity index (χ1v) is 6.37. The molecule has 1 aromatic carbocycles. The predicted octanol–water partition coefficient (Wildman–Crippen LogP) is 1.94. The minimum atomic E-state index is -0.0803. The van der Waals surface area contributed by atoms with Crippen LogP contribution in [0.5, 0.6) is 0 Å². The van der Waals surface area contributed by atoms with Crippen LogP contribution in [0, 0.1) is 5.92 Å². The number of hydrogen-bond donors (Lipinski definition) is 2. The van der Waals surface area contributed by atoms with E-state index in [2.05, 4.69) is 23.6 Å². The Hall–Kier alpha value is -1.51. The van der Waals surface area contributed by atoms with Gasteiger partial charge in [0, 0.05) is 18.2 Å². The minimum Gasteiger partial charge on any atom is -0.373 e. The molecule has 0 bridgehead atoms. The van der Waals surface area contributed by atoms with Crippen molar-refractivity contribution < 1.29 is 4.79 Å². The maximum absolute atomic E-state index is 12.1. The molecule has 1 saturated carbocycles. The highest BCUT2D eigenvalue weighted by Crippen LogP contribution is 2.28. The van der Waals surface area contributed by atoms with E-state index < -0.39 is 0 Å². The van der Waals surface area contributed by atoms with Crippen LogP contribution < -0.4 is 10.6 Å². The van der Waals surface area contributed by atoms with E-state index in [0.29, 0.717) is 6.04 Å². The van der Waals surface area contributed by atoms with Gasteiger partial charge in [-0.25, -0.2) is 0 Å². The van der Waals surface area contributed by atoms with Crippen molar-refractivity contribution in [3.8, 4) is 0 Å². The number of para-hydroxylation sites is 1. The second-order valence-electron chi connectivity index (χ2n) is 5.34. The summed E-state index contributed by atoms with van der Waals surface area (Å²) in [5.74, 6) is 0.923. The molecule has 17 heavy (non-hydrogen) atoms. The van der Waals surface area contributed by atoms with Crippen LogP contribution in [0.25, 0.3) is 0 Å². The Morgan fingerprint density at radius 1 is 1.35 bits per heavy atom. The minimum absolute atomic E-state index is 0.0803. The second kappa shape index (κ2) is 4.06. The molecule has 1 fully saturated rings. The average molecular weight is 230 g/mol. The monoisotopic (exact) mass is 230 g/mol. The summed E-state index contributed by atoms with van der Waals surface area (Å²) in [5.41, 5.74) is 2.35. The van der Waals surface area contributed by atoms with Crippen LogP contribution in [0.2, 0.25) is 0 Å². The number of amides is 1. The molecule has 1 amide bonds. The van der Waals surface area contributed by atoms with E-state index in [1.807, 2.05) is 18.2 Å². The lowest BCUT2D eigenvalue weighted by Crippen LogP contribution is -2.48. The van der Waals surface area contributed by atoms with Crippen LogP contribution in [-0.4, -0.2) is 18.0 Å². The largest absolute Gasteiger partial charge is 0.373 e. The van der Waals surface area contributed by atoms with Crippen molar-refractivity contribution in [2.24, 2.45) is 5.92 Å². The molecule has 2 aliphatic rings. The maximum atomic E-state index is 12.1. The number of carbonyl (C=O) groups is 1. The lowest BCUT2D eigenvalue weighted by atomic mass is 9.82. The molecule has 90 valence electrons. The third kappa shape index (κ3) is 2.02. The van der Waals surface area contributed by atoms with E-state index in [1.165, 1.54) is 5.56 Å². The van der Waals surface area contributed by atoms with Crippen LogP contribution in [0.3, 0.4) is 0 Å².